The molecule has 0 radical (unpaired) electrons. The summed E-state index contributed by atoms with van der Waals surface area (Å²) in [6.45, 7) is 0. The first-order valence-corrected chi connectivity index (χ1v) is 5.96. The minimum Gasteiger partial charge on any atom is -0.496 e. The summed E-state index contributed by atoms with van der Waals surface area (Å²) in [5.74, 6) is -0.714. The quantitative estimate of drug-likeness (QED) is 0.647. The summed E-state index contributed by atoms with van der Waals surface area (Å²) < 4.78 is 5.05. The Hall–Kier alpha value is -2.82. The largest absolute Gasteiger partial charge is 0.496 e. The van der Waals surface area contributed by atoms with Crippen molar-refractivity contribution in [3.8, 4) is 5.75 Å². The van der Waals surface area contributed by atoms with Crippen LogP contribution in [0.15, 0.2) is 53.6 Å². The summed E-state index contributed by atoms with van der Waals surface area (Å²) in [6.07, 6.45) is 1.60. The molecule has 2 N–H and O–H groups in total. The van der Waals surface area contributed by atoms with E-state index in [0.29, 0.717) is 5.75 Å². The Kier molecular flexibility index (Phi) is 4.34. The molecule has 0 aliphatic heterocycles. The molecule has 2 rings (SSSR count). The van der Waals surface area contributed by atoms with E-state index in [1.807, 2.05) is 30.3 Å². The van der Waals surface area contributed by atoms with Crippen molar-refractivity contribution in [2.24, 2.45) is 5.10 Å². The third kappa shape index (κ3) is 3.35. The number of hydrazone groups is 1. The number of nitrogens with zero attached hydrogens (tertiary/aromatic N) is 1. The predicted molar refractivity (Wildman–Crippen MR) is 77.6 cm³/mol. The Morgan fingerprint density at radius 2 is 2.00 bits per heavy atom. The molecule has 0 aromatic heterocycles. The van der Waals surface area contributed by atoms with Crippen LogP contribution in [0.2, 0.25) is 0 Å². The number of rotatable bonds is 5. The minimum absolute atomic E-state index is 0.126. The number of carbonyl (C=O) groups is 1. The van der Waals surface area contributed by atoms with Gasteiger partial charge >= 0.3 is 5.97 Å². The fourth-order valence-corrected chi connectivity index (χ4v) is 1.66. The van der Waals surface area contributed by atoms with E-state index in [-0.39, 0.29) is 5.56 Å². The van der Waals surface area contributed by atoms with Gasteiger partial charge in [0.25, 0.3) is 0 Å². The third-order valence-corrected chi connectivity index (χ3v) is 2.64. The lowest BCUT2D eigenvalue weighted by Gasteiger charge is -2.05. The molecule has 0 fully saturated rings. The van der Waals surface area contributed by atoms with E-state index in [0.717, 1.165) is 11.3 Å². The van der Waals surface area contributed by atoms with Crippen molar-refractivity contribution in [2.45, 2.75) is 0 Å². The number of nitrogens with one attached hydrogen (secondary N) is 1. The van der Waals surface area contributed by atoms with Crippen molar-refractivity contribution >= 4 is 17.9 Å². The fourth-order valence-electron chi connectivity index (χ4n) is 1.66. The van der Waals surface area contributed by atoms with Crippen LogP contribution in [0.1, 0.15) is 15.9 Å². The van der Waals surface area contributed by atoms with Crippen LogP contribution < -0.4 is 10.2 Å². The maximum absolute atomic E-state index is 11.0. The van der Waals surface area contributed by atoms with Crippen LogP contribution in [0.5, 0.6) is 5.75 Å². The maximum atomic E-state index is 11.0. The van der Waals surface area contributed by atoms with Gasteiger partial charge in [0, 0.05) is 0 Å². The van der Waals surface area contributed by atoms with E-state index in [4.69, 9.17) is 9.84 Å². The van der Waals surface area contributed by atoms with E-state index in [1.165, 1.54) is 13.2 Å². The van der Waals surface area contributed by atoms with Gasteiger partial charge < -0.3 is 9.84 Å². The summed E-state index contributed by atoms with van der Waals surface area (Å²) in [5.41, 5.74) is 4.62. The molecule has 2 aromatic rings. The number of benzene rings is 2. The zero-order valence-corrected chi connectivity index (χ0v) is 10.9. The molecule has 0 aliphatic rings. The SMILES string of the molecule is COc1cc(C=NNc2ccccc2)ccc1C(=O)O. The number of anilines is 1. The van der Waals surface area contributed by atoms with Gasteiger partial charge in [-0.25, -0.2) is 4.79 Å². The standard InChI is InChI=1S/C15H14N2O3/c1-20-14-9-11(7-8-13(14)15(18)19)10-16-17-12-5-3-2-4-6-12/h2-10,17H,1H3,(H,18,19). The molecule has 0 aliphatic carbocycles. The summed E-state index contributed by atoms with van der Waals surface area (Å²) in [7, 11) is 1.44. The van der Waals surface area contributed by atoms with Crippen LogP contribution in [-0.4, -0.2) is 24.4 Å². The summed E-state index contributed by atoms with van der Waals surface area (Å²) >= 11 is 0. The average molecular weight is 270 g/mol. The summed E-state index contributed by atoms with van der Waals surface area (Å²) in [5, 5.41) is 13.1. The highest BCUT2D eigenvalue weighted by atomic mass is 16.5. The highest BCUT2D eigenvalue weighted by molar-refractivity contribution is 5.92. The Morgan fingerprint density at radius 1 is 1.25 bits per heavy atom. The van der Waals surface area contributed by atoms with Gasteiger partial charge in [0.2, 0.25) is 0 Å². The van der Waals surface area contributed by atoms with Gasteiger partial charge in [0.15, 0.2) is 0 Å². The molecule has 102 valence electrons. The van der Waals surface area contributed by atoms with Gasteiger partial charge in [-0.05, 0) is 29.8 Å². The number of methoxy groups -OCH3 is 1. The second kappa shape index (κ2) is 6.38. The molecule has 0 amide bonds. The number of carboxylic acids is 1. The number of para-hydroxylation sites is 1. The van der Waals surface area contributed by atoms with Crippen molar-refractivity contribution < 1.29 is 14.6 Å². The van der Waals surface area contributed by atoms with Gasteiger partial charge in [-0.3, -0.25) is 5.43 Å². The average Bonchev–Trinajstić information content (AvgIpc) is 2.48. The number of carboxylic acid groups (broad SMARTS) is 1. The second-order valence-electron chi connectivity index (χ2n) is 4.00. The molecule has 0 saturated carbocycles. The maximum Gasteiger partial charge on any atom is 0.339 e. The highest BCUT2D eigenvalue weighted by Gasteiger charge is 2.10. The van der Waals surface area contributed by atoms with Gasteiger partial charge in [0.05, 0.1) is 19.0 Å². The topological polar surface area (TPSA) is 70.9 Å². The first-order valence-electron chi connectivity index (χ1n) is 5.96. The Balaban J connectivity index is 2.12. The normalized spacial score (nSPS) is 10.4. The first-order chi connectivity index (χ1) is 9.70. The molecule has 0 heterocycles. The van der Waals surface area contributed by atoms with Gasteiger partial charge in [-0.1, -0.05) is 24.3 Å². The van der Waals surface area contributed by atoms with Crippen molar-refractivity contribution in [3.63, 3.8) is 0 Å². The van der Waals surface area contributed by atoms with Crippen LogP contribution in [0.4, 0.5) is 5.69 Å². The Labute approximate surface area is 116 Å². The predicted octanol–water partition coefficient (Wildman–Crippen LogP) is 2.84. The van der Waals surface area contributed by atoms with E-state index in [9.17, 15) is 4.79 Å². The van der Waals surface area contributed by atoms with Gasteiger partial charge in [0.1, 0.15) is 11.3 Å². The van der Waals surface area contributed by atoms with Crippen molar-refractivity contribution in [3.05, 3.63) is 59.7 Å². The van der Waals surface area contributed by atoms with Crippen molar-refractivity contribution in [1.82, 2.24) is 0 Å². The van der Waals surface area contributed by atoms with Crippen LogP contribution in [0.3, 0.4) is 0 Å². The molecule has 0 saturated heterocycles. The van der Waals surface area contributed by atoms with Crippen LogP contribution in [0.25, 0.3) is 0 Å². The monoisotopic (exact) mass is 270 g/mol. The number of aromatic carboxylic acids is 1. The number of hydrogen-bond donors (Lipinski definition) is 2. The lowest BCUT2D eigenvalue weighted by molar-refractivity contribution is 0.0693. The molecular formula is C15H14N2O3. The molecule has 20 heavy (non-hydrogen) atoms. The van der Waals surface area contributed by atoms with E-state index >= 15 is 0 Å². The highest BCUT2D eigenvalue weighted by Crippen LogP contribution is 2.19. The van der Waals surface area contributed by atoms with Crippen LogP contribution >= 0.6 is 0 Å². The lowest BCUT2D eigenvalue weighted by Crippen LogP contribution is -2.01. The Morgan fingerprint density at radius 3 is 2.65 bits per heavy atom. The molecule has 0 spiro atoms. The smallest absolute Gasteiger partial charge is 0.339 e. The molecule has 0 bridgehead atoms. The Bertz CT molecular complexity index is 624. The molecular weight excluding hydrogens is 256 g/mol. The first kappa shape index (κ1) is 13.6. The van der Waals surface area contributed by atoms with Gasteiger partial charge in [-0.15, -0.1) is 0 Å². The fraction of sp³-hybridized carbons (Fsp3) is 0.0667. The molecule has 5 nitrogen and oxygen atoms in total. The minimum atomic E-state index is -1.02. The van der Waals surface area contributed by atoms with Gasteiger partial charge in [-0.2, -0.15) is 5.10 Å². The van der Waals surface area contributed by atoms with Crippen LogP contribution in [0, 0.1) is 0 Å². The molecule has 0 unspecified atom stereocenters. The summed E-state index contributed by atoms with van der Waals surface area (Å²) in [6, 6.07) is 14.3. The van der Waals surface area contributed by atoms with Crippen molar-refractivity contribution in [2.75, 3.05) is 12.5 Å². The molecule has 5 heteroatoms. The zero-order valence-electron chi connectivity index (χ0n) is 10.9. The lowest BCUT2D eigenvalue weighted by atomic mass is 10.1. The number of hydrogen-bond acceptors (Lipinski definition) is 4. The summed E-state index contributed by atoms with van der Waals surface area (Å²) in [4.78, 5) is 11.0. The van der Waals surface area contributed by atoms with Crippen molar-refractivity contribution in [1.29, 1.82) is 0 Å². The van der Waals surface area contributed by atoms with E-state index < -0.39 is 5.97 Å². The van der Waals surface area contributed by atoms with Crippen LogP contribution in [-0.2, 0) is 0 Å². The second-order valence-corrected chi connectivity index (χ2v) is 4.00. The third-order valence-electron chi connectivity index (χ3n) is 2.64. The zero-order chi connectivity index (χ0) is 14.4. The number of ether oxygens (including phenoxy) is 1. The molecule has 0 atom stereocenters. The van der Waals surface area contributed by atoms with E-state index in [1.54, 1.807) is 18.3 Å². The molecule has 2 aromatic carbocycles. The van der Waals surface area contributed by atoms with E-state index in [2.05, 4.69) is 10.5 Å².